The highest BCUT2D eigenvalue weighted by molar-refractivity contribution is 5.84. The Morgan fingerprint density at radius 3 is 2.52 bits per heavy atom. The SMILES string of the molecule is Cc1ccc(-n2c(C)cc(/C=N/NC(=O)CCN3CCCCC3)c2C)cc1. The van der Waals surface area contributed by atoms with Crippen LogP contribution in [0.25, 0.3) is 5.69 Å². The fraction of sp³-hybridized carbons (Fsp3) is 0.455. The van der Waals surface area contributed by atoms with Gasteiger partial charge in [-0.2, -0.15) is 5.10 Å². The molecule has 1 aromatic heterocycles. The summed E-state index contributed by atoms with van der Waals surface area (Å²) in [5, 5.41) is 4.17. The Balaban J connectivity index is 1.58. The van der Waals surface area contributed by atoms with Crippen LogP contribution in [0.5, 0.6) is 0 Å². The van der Waals surface area contributed by atoms with Gasteiger partial charge in [0.1, 0.15) is 0 Å². The Kier molecular flexibility index (Phi) is 6.45. The second-order valence-electron chi connectivity index (χ2n) is 7.44. The van der Waals surface area contributed by atoms with Crippen molar-refractivity contribution in [3.8, 4) is 5.69 Å². The highest BCUT2D eigenvalue weighted by atomic mass is 16.2. The van der Waals surface area contributed by atoms with Gasteiger partial charge in [0.15, 0.2) is 0 Å². The average molecular weight is 367 g/mol. The zero-order valence-electron chi connectivity index (χ0n) is 16.7. The molecule has 0 unspecified atom stereocenters. The van der Waals surface area contributed by atoms with Gasteiger partial charge in [0.2, 0.25) is 5.91 Å². The van der Waals surface area contributed by atoms with E-state index in [1.807, 2.05) is 0 Å². The van der Waals surface area contributed by atoms with Gasteiger partial charge in [-0.05, 0) is 64.9 Å². The van der Waals surface area contributed by atoms with Crippen LogP contribution < -0.4 is 5.43 Å². The summed E-state index contributed by atoms with van der Waals surface area (Å²) in [6.07, 6.45) is 6.05. The first-order chi connectivity index (χ1) is 13.0. The Bertz CT molecular complexity index is 798. The molecule has 3 rings (SSSR count). The van der Waals surface area contributed by atoms with Crippen LogP contribution in [-0.2, 0) is 4.79 Å². The van der Waals surface area contributed by atoms with Crippen LogP contribution in [-0.4, -0.2) is 41.2 Å². The maximum atomic E-state index is 12.0. The van der Waals surface area contributed by atoms with Crippen molar-refractivity contribution in [3.63, 3.8) is 0 Å². The zero-order chi connectivity index (χ0) is 19.2. The number of likely N-dealkylation sites (tertiary alicyclic amines) is 1. The highest BCUT2D eigenvalue weighted by Crippen LogP contribution is 2.20. The van der Waals surface area contributed by atoms with Crippen molar-refractivity contribution in [1.82, 2.24) is 14.9 Å². The van der Waals surface area contributed by atoms with Crippen LogP contribution >= 0.6 is 0 Å². The lowest BCUT2D eigenvalue weighted by molar-refractivity contribution is -0.121. The van der Waals surface area contributed by atoms with Crippen molar-refractivity contribution in [1.29, 1.82) is 0 Å². The predicted octanol–water partition coefficient (Wildman–Crippen LogP) is 3.73. The summed E-state index contributed by atoms with van der Waals surface area (Å²) in [6.45, 7) is 9.30. The van der Waals surface area contributed by atoms with Gasteiger partial charge in [-0.3, -0.25) is 4.79 Å². The first-order valence-electron chi connectivity index (χ1n) is 9.85. The molecule has 144 valence electrons. The van der Waals surface area contributed by atoms with E-state index in [2.05, 4.69) is 71.1 Å². The smallest absolute Gasteiger partial charge is 0.241 e. The number of piperidine rings is 1. The quantitative estimate of drug-likeness (QED) is 0.626. The number of aromatic nitrogens is 1. The number of amides is 1. The molecule has 1 amide bonds. The van der Waals surface area contributed by atoms with E-state index in [0.29, 0.717) is 6.42 Å². The Morgan fingerprint density at radius 1 is 1.11 bits per heavy atom. The van der Waals surface area contributed by atoms with E-state index in [9.17, 15) is 4.79 Å². The fourth-order valence-corrected chi connectivity index (χ4v) is 3.68. The van der Waals surface area contributed by atoms with Gasteiger partial charge < -0.3 is 9.47 Å². The molecule has 0 aliphatic carbocycles. The minimum absolute atomic E-state index is 0.0239. The van der Waals surface area contributed by atoms with Gasteiger partial charge >= 0.3 is 0 Å². The monoisotopic (exact) mass is 366 g/mol. The lowest BCUT2D eigenvalue weighted by Gasteiger charge is -2.25. The standard InChI is InChI=1S/C22H30N4O/c1-17-7-9-21(10-8-17)26-18(2)15-20(19(26)3)16-23-24-22(27)11-14-25-12-5-4-6-13-25/h7-10,15-16H,4-6,11-14H2,1-3H3,(H,24,27)/b23-16+. The summed E-state index contributed by atoms with van der Waals surface area (Å²) in [4.78, 5) is 14.4. The van der Waals surface area contributed by atoms with Gasteiger partial charge in [-0.1, -0.05) is 24.1 Å². The molecule has 0 bridgehead atoms. The largest absolute Gasteiger partial charge is 0.318 e. The minimum atomic E-state index is -0.0239. The van der Waals surface area contributed by atoms with Crippen LogP contribution in [0, 0.1) is 20.8 Å². The minimum Gasteiger partial charge on any atom is -0.318 e. The lowest BCUT2D eigenvalue weighted by atomic mass is 10.1. The molecule has 0 saturated carbocycles. The number of rotatable bonds is 6. The first kappa shape index (κ1) is 19.4. The van der Waals surface area contributed by atoms with Gasteiger partial charge in [-0.25, -0.2) is 5.43 Å². The van der Waals surface area contributed by atoms with Crippen LogP contribution in [0.4, 0.5) is 0 Å². The molecule has 1 aliphatic heterocycles. The molecular formula is C22H30N4O. The molecule has 1 N–H and O–H groups in total. The van der Waals surface area contributed by atoms with Gasteiger partial charge in [-0.15, -0.1) is 0 Å². The number of carbonyl (C=O) groups excluding carboxylic acids is 1. The number of hydrogen-bond donors (Lipinski definition) is 1. The predicted molar refractivity (Wildman–Crippen MR) is 111 cm³/mol. The Hall–Kier alpha value is -2.40. The Labute approximate surface area is 162 Å². The maximum Gasteiger partial charge on any atom is 0.241 e. The third-order valence-corrected chi connectivity index (χ3v) is 5.26. The maximum absolute atomic E-state index is 12.0. The second kappa shape index (κ2) is 9.00. The molecule has 1 aliphatic rings. The average Bonchev–Trinajstić information content (AvgIpc) is 2.95. The van der Waals surface area contributed by atoms with Gasteiger partial charge in [0, 0.05) is 35.6 Å². The number of nitrogens with zero attached hydrogens (tertiary/aromatic N) is 3. The number of nitrogens with one attached hydrogen (secondary N) is 1. The van der Waals surface area contributed by atoms with E-state index in [1.54, 1.807) is 6.21 Å². The molecule has 1 saturated heterocycles. The molecular weight excluding hydrogens is 336 g/mol. The van der Waals surface area contributed by atoms with E-state index >= 15 is 0 Å². The van der Waals surface area contributed by atoms with Crippen molar-refractivity contribution < 1.29 is 4.79 Å². The highest BCUT2D eigenvalue weighted by Gasteiger charge is 2.12. The van der Waals surface area contributed by atoms with Crippen LogP contribution in [0.1, 0.15) is 48.2 Å². The molecule has 5 heteroatoms. The number of carbonyl (C=O) groups is 1. The van der Waals surface area contributed by atoms with Crippen molar-refractivity contribution >= 4 is 12.1 Å². The summed E-state index contributed by atoms with van der Waals surface area (Å²) < 4.78 is 2.21. The summed E-state index contributed by atoms with van der Waals surface area (Å²) in [5.74, 6) is -0.0239. The van der Waals surface area contributed by atoms with Crippen molar-refractivity contribution in [2.24, 2.45) is 5.10 Å². The van der Waals surface area contributed by atoms with Crippen molar-refractivity contribution in [3.05, 3.63) is 52.8 Å². The van der Waals surface area contributed by atoms with Crippen molar-refractivity contribution in [2.45, 2.75) is 46.5 Å². The zero-order valence-corrected chi connectivity index (χ0v) is 16.7. The summed E-state index contributed by atoms with van der Waals surface area (Å²) in [5.41, 5.74) is 8.33. The Morgan fingerprint density at radius 2 is 1.81 bits per heavy atom. The number of benzene rings is 1. The van der Waals surface area contributed by atoms with E-state index in [1.165, 1.54) is 24.8 Å². The molecule has 0 atom stereocenters. The molecule has 2 heterocycles. The third-order valence-electron chi connectivity index (χ3n) is 5.26. The lowest BCUT2D eigenvalue weighted by Crippen LogP contribution is -2.33. The molecule has 1 fully saturated rings. The molecule has 5 nitrogen and oxygen atoms in total. The topological polar surface area (TPSA) is 49.6 Å². The molecule has 1 aromatic carbocycles. The number of hydrogen-bond acceptors (Lipinski definition) is 3. The van der Waals surface area contributed by atoms with E-state index in [-0.39, 0.29) is 5.91 Å². The third kappa shape index (κ3) is 5.07. The second-order valence-corrected chi connectivity index (χ2v) is 7.44. The van der Waals surface area contributed by atoms with E-state index in [4.69, 9.17) is 0 Å². The van der Waals surface area contributed by atoms with Gasteiger partial charge in [0.25, 0.3) is 0 Å². The molecule has 0 spiro atoms. The number of aryl methyl sites for hydroxylation is 2. The van der Waals surface area contributed by atoms with E-state index < -0.39 is 0 Å². The summed E-state index contributed by atoms with van der Waals surface area (Å²) >= 11 is 0. The molecule has 2 aromatic rings. The molecule has 0 radical (unpaired) electrons. The van der Waals surface area contributed by atoms with Crippen LogP contribution in [0.2, 0.25) is 0 Å². The van der Waals surface area contributed by atoms with Crippen LogP contribution in [0.3, 0.4) is 0 Å². The van der Waals surface area contributed by atoms with Crippen molar-refractivity contribution in [2.75, 3.05) is 19.6 Å². The van der Waals surface area contributed by atoms with Crippen LogP contribution in [0.15, 0.2) is 35.4 Å². The number of hydrazone groups is 1. The first-order valence-corrected chi connectivity index (χ1v) is 9.85. The summed E-state index contributed by atoms with van der Waals surface area (Å²) in [7, 11) is 0. The summed E-state index contributed by atoms with van der Waals surface area (Å²) in [6, 6.07) is 10.6. The fourth-order valence-electron chi connectivity index (χ4n) is 3.68. The normalized spacial score (nSPS) is 15.4. The van der Waals surface area contributed by atoms with E-state index in [0.717, 1.165) is 42.3 Å². The molecule has 27 heavy (non-hydrogen) atoms. The van der Waals surface area contributed by atoms with Gasteiger partial charge in [0.05, 0.1) is 6.21 Å².